The molecule has 0 bridgehead atoms. The number of amides is 1. The highest BCUT2D eigenvalue weighted by atomic mass is 35.5. The second kappa shape index (κ2) is 5.54. The summed E-state index contributed by atoms with van der Waals surface area (Å²) in [5, 5.41) is 11.7. The topological polar surface area (TPSA) is 78.9 Å². The van der Waals surface area contributed by atoms with Crippen LogP contribution in [0.3, 0.4) is 0 Å². The summed E-state index contributed by atoms with van der Waals surface area (Å²) in [6.07, 6.45) is 0. The fraction of sp³-hybridized carbons (Fsp3) is 0.273. The number of carbonyl (C=O) groups excluding carboxylic acids is 1. The summed E-state index contributed by atoms with van der Waals surface area (Å²) in [5.41, 5.74) is 6.71. The van der Waals surface area contributed by atoms with Crippen molar-refractivity contribution in [1.29, 1.82) is 0 Å². The predicted molar refractivity (Wildman–Crippen MR) is 66.6 cm³/mol. The highest BCUT2D eigenvalue weighted by molar-refractivity contribution is 6.31. The van der Waals surface area contributed by atoms with E-state index in [1.165, 1.54) is 4.90 Å². The molecule has 0 saturated heterocycles. The van der Waals surface area contributed by atoms with Gasteiger partial charge in [0.25, 0.3) is 5.91 Å². The van der Waals surface area contributed by atoms with E-state index < -0.39 is 0 Å². The molecule has 1 aromatic rings. The third kappa shape index (κ3) is 3.64. The second-order valence-electron chi connectivity index (χ2n) is 3.77. The number of nitrogens with two attached hydrogens (primary N) is 1. The molecule has 0 atom stereocenters. The van der Waals surface area contributed by atoms with Crippen LogP contribution < -0.4 is 5.73 Å². The van der Waals surface area contributed by atoms with Gasteiger partial charge in [0.2, 0.25) is 0 Å². The standard InChI is InChI=1S/C11H14ClN3O2/c1-7-3-8(5-9(12)4-7)11(16)15(2)6-10(13)14-17/h3-5,17H,6H2,1-2H3,(H2,13,14). The van der Waals surface area contributed by atoms with Crippen molar-refractivity contribution in [3.05, 3.63) is 34.3 Å². The molecule has 0 aliphatic rings. The fourth-order valence-corrected chi connectivity index (χ4v) is 1.72. The van der Waals surface area contributed by atoms with E-state index in [2.05, 4.69) is 5.16 Å². The van der Waals surface area contributed by atoms with Crippen LogP contribution in [0.5, 0.6) is 0 Å². The Morgan fingerprint density at radius 2 is 2.18 bits per heavy atom. The van der Waals surface area contributed by atoms with Crippen LogP contribution >= 0.6 is 11.6 Å². The van der Waals surface area contributed by atoms with Gasteiger partial charge in [-0.1, -0.05) is 16.8 Å². The summed E-state index contributed by atoms with van der Waals surface area (Å²) in [6, 6.07) is 5.08. The molecule has 1 rings (SSSR count). The molecular weight excluding hydrogens is 242 g/mol. The Labute approximate surface area is 104 Å². The number of amidine groups is 1. The van der Waals surface area contributed by atoms with E-state index in [1.54, 1.807) is 25.2 Å². The molecule has 1 amide bonds. The Morgan fingerprint density at radius 1 is 1.53 bits per heavy atom. The lowest BCUT2D eigenvalue weighted by Gasteiger charge is -2.16. The van der Waals surface area contributed by atoms with Crippen LogP contribution in [0, 0.1) is 6.92 Å². The van der Waals surface area contributed by atoms with Gasteiger partial charge in [0.1, 0.15) is 0 Å². The van der Waals surface area contributed by atoms with Gasteiger partial charge in [-0.05, 0) is 30.7 Å². The van der Waals surface area contributed by atoms with E-state index in [-0.39, 0.29) is 18.3 Å². The lowest BCUT2D eigenvalue weighted by molar-refractivity contribution is 0.0813. The smallest absolute Gasteiger partial charge is 0.254 e. The van der Waals surface area contributed by atoms with Gasteiger partial charge in [-0.2, -0.15) is 0 Å². The molecule has 0 aliphatic heterocycles. The lowest BCUT2D eigenvalue weighted by Crippen LogP contribution is -2.35. The predicted octanol–water partition coefficient (Wildman–Crippen LogP) is 1.47. The number of benzene rings is 1. The van der Waals surface area contributed by atoms with Crippen molar-refractivity contribution in [2.45, 2.75) is 6.92 Å². The molecule has 0 heterocycles. The van der Waals surface area contributed by atoms with Gasteiger partial charge in [-0.3, -0.25) is 4.79 Å². The number of oxime groups is 1. The first kappa shape index (κ1) is 13.3. The van der Waals surface area contributed by atoms with Crippen molar-refractivity contribution in [1.82, 2.24) is 4.90 Å². The van der Waals surface area contributed by atoms with E-state index in [0.717, 1.165) is 5.56 Å². The molecule has 0 spiro atoms. The molecular formula is C11H14ClN3O2. The van der Waals surface area contributed by atoms with Gasteiger partial charge in [0, 0.05) is 17.6 Å². The van der Waals surface area contributed by atoms with Gasteiger partial charge < -0.3 is 15.8 Å². The summed E-state index contributed by atoms with van der Waals surface area (Å²) < 4.78 is 0. The Kier molecular flexibility index (Phi) is 4.34. The summed E-state index contributed by atoms with van der Waals surface area (Å²) in [5.74, 6) is -0.262. The summed E-state index contributed by atoms with van der Waals surface area (Å²) >= 11 is 5.87. The minimum Gasteiger partial charge on any atom is -0.409 e. The van der Waals surface area contributed by atoms with Gasteiger partial charge in [0.05, 0.1) is 6.54 Å². The molecule has 1 aromatic carbocycles. The largest absolute Gasteiger partial charge is 0.409 e. The van der Waals surface area contributed by atoms with Crippen molar-refractivity contribution < 1.29 is 10.0 Å². The summed E-state index contributed by atoms with van der Waals surface area (Å²) in [6.45, 7) is 1.91. The van der Waals surface area contributed by atoms with Crippen LogP contribution in [-0.2, 0) is 0 Å². The van der Waals surface area contributed by atoms with E-state index in [9.17, 15) is 4.79 Å². The maximum Gasteiger partial charge on any atom is 0.254 e. The highest BCUT2D eigenvalue weighted by Crippen LogP contribution is 2.15. The number of halogens is 1. The zero-order chi connectivity index (χ0) is 13.0. The molecule has 0 saturated carbocycles. The highest BCUT2D eigenvalue weighted by Gasteiger charge is 2.13. The van der Waals surface area contributed by atoms with Crippen LogP contribution in [-0.4, -0.2) is 35.4 Å². The molecule has 0 aromatic heterocycles. The average molecular weight is 256 g/mol. The van der Waals surface area contributed by atoms with Crippen LogP contribution in [0.25, 0.3) is 0 Å². The van der Waals surface area contributed by atoms with Crippen LogP contribution in [0.4, 0.5) is 0 Å². The number of aryl methyl sites for hydroxylation is 1. The molecule has 0 radical (unpaired) electrons. The summed E-state index contributed by atoms with van der Waals surface area (Å²) in [7, 11) is 1.57. The molecule has 3 N–H and O–H groups in total. The van der Waals surface area contributed by atoms with Crippen molar-refractivity contribution in [3.63, 3.8) is 0 Å². The number of carbonyl (C=O) groups is 1. The monoisotopic (exact) mass is 255 g/mol. The number of likely N-dealkylation sites (N-methyl/N-ethyl adjacent to an activating group) is 1. The Morgan fingerprint density at radius 3 is 2.71 bits per heavy atom. The first-order valence-electron chi connectivity index (χ1n) is 4.93. The average Bonchev–Trinajstić information content (AvgIpc) is 2.26. The third-order valence-corrected chi connectivity index (χ3v) is 2.38. The van der Waals surface area contributed by atoms with E-state index in [4.69, 9.17) is 22.5 Å². The lowest BCUT2D eigenvalue weighted by atomic mass is 10.1. The minimum absolute atomic E-state index is 0.0281. The third-order valence-electron chi connectivity index (χ3n) is 2.16. The molecule has 0 fully saturated rings. The quantitative estimate of drug-likeness (QED) is 0.372. The van der Waals surface area contributed by atoms with Crippen LogP contribution in [0.15, 0.2) is 23.4 Å². The molecule has 0 unspecified atom stereocenters. The Hall–Kier alpha value is -1.75. The van der Waals surface area contributed by atoms with E-state index in [0.29, 0.717) is 10.6 Å². The van der Waals surface area contributed by atoms with Crippen LogP contribution in [0.2, 0.25) is 5.02 Å². The van der Waals surface area contributed by atoms with Crippen molar-refractivity contribution in [3.8, 4) is 0 Å². The maximum atomic E-state index is 12.0. The zero-order valence-electron chi connectivity index (χ0n) is 9.64. The first-order chi connectivity index (χ1) is 7.93. The van der Waals surface area contributed by atoms with Crippen molar-refractivity contribution >= 4 is 23.3 Å². The van der Waals surface area contributed by atoms with Crippen LogP contribution in [0.1, 0.15) is 15.9 Å². The molecule has 92 valence electrons. The number of rotatable bonds is 3. The molecule has 0 aliphatic carbocycles. The van der Waals surface area contributed by atoms with Crippen molar-refractivity contribution in [2.24, 2.45) is 10.9 Å². The number of hydrogen-bond donors (Lipinski definition) is 2. The zero-order valence-corrected chi connectivity index (χ0v) is 10.4. The first-order valence-corrected chi connectivity index (χ1v) is 5.31. The number of nitrogens with zero attached hydrogens (tertiary/aromatic N) is 2. The normalized spacial score (nSPS) is 11.4. The fourth-order valence-electron chi connectivity index (χ4n) is 1.43. The SMILES string of the molecule is Cc1cc(Cl)cc(C(=O)N(C)C/C(N)=N/O)c1. The number of hydrogen-bond acceptors (Lipinski definition) is 3. The maximum absolute atomic E-state index is 12.0. The molecule has 5 nitrogen and oxygen atoms in total. The van der Waals surface area contributed by atoms with E-state index >= 15 is 0 Å². The van der Waals surface area contributed by atoms with Gasteiger partial charge in [-0.15, -0.1) is 0 Å². The van der Waals surface area contributed by atoms with Gasteiger partial charge in [0.15, 0.2) is 5.84 Å². The molecule has 17 heavy (non-hydrogen) atoms. The van der Waals surface area contributed by atoms with Gasteiger partial charge in [-0.25, -0.2) is 0 Å². The minimum atomic E-state index is -0.234. The van der Waals surface area contributed by atoms with Crippen molar-refractivity contribution in [2.75, 3.05) is 13.6 Å². The Bertz CT molecular complexity index is 440. The van der Waals surface area contributed by atoms with E-state index in [1.807, 2.05) is 6.92 Å². The summed E-state index contributed by atoms with van der Waals surface area (Å²) in [4.78, 5) is 13.3. The Balaban J connectivity index is 2.88. The van der Waals surface area contributed by atoms with Gasteiger partial charge >= 0.3 is 0 Å². The molecule has 6 heteroatoms. The second-order valence-corrected chi connectivity index (χ2v) is 4.21.